The van der Waals surface area contributed by atoms with Crippen molar-refractivity contribution in [2.45, 2.75) is 32.6 Å². The lowest BCUT2D eigenvalue weighted by molar-refractivity contribution is -0.129. The maximum absolute atomic E-state index is 12.3. The van der Waals surface area contributed by atoms with Crippen molar-refractivity contribution in [1.29, 1.82) is 0 Å². The maximum atomic E-state index is 12.3. The largest absolute Gasteiger partial charge is 0.496 e. The third-order valence-corrected chi connectivity index (χ3v) is 4.44. The molecule has 122 valence electrons. The molecule has 0 N–H and O–H groups in total. The quantitative estimate of drug-likeness (QED) is 0.809. The van der Waals surface area contributed by atoms with Crippen molar-refractivity contribution < 1.29 is 9.53 Å². The zero-order valence-electron chi connectivity index (χ0n) is 14.1. The highest BCUT2D eigenvalue weighted by Gasteiger charge is 2.14. The fraction of sp³-hybridized carbons (Fsp3) is 0.611. The molecule has 0 bridgehead atoms. The third kappa shape index (κ3) is 4.73. The number of aryl methyl sites for hydroxylation is 1. The van der Waals surface area contributed by atoms with Crippen LogP contribution in [0.1, 0.15) is 30.4 Å². The first kappa shape index (κ1) is 16.8. The van der Waals surface area contributed by atoms with Crippen molar-refractivity contribution in [3.8, 4) is 5.75 Å². The second kappa shape index (κ2) is 8.18. The van der Waals surface area contributed by atoms with E-state index in [1.165, 1.54) is 32.4 Å². The molecule has 0 atom stereocenters. The minimum atomic E-state index is 0.182. The number of amides is 1. The molecule has 1 aliphatic heterocycles. The lowest BCUT2D eigenvalue weighted by atomic mass is 10.1. The molecule has 1 aromatic rings. The van der Waals surface area contributed by atoms with Gasteiger partial charge in [0.25, 0.3) is 0 Å². The van der Waals surface area contributed by atoms with E-state index in [0.717, 1.165) is 30.0 Å². The van der Waals surface area contributed by atoms with Crippen LogP contribution >= 0.6 is 0 Å². The van der Waals surface area contributed by atoms with Gasteiger partial charge in [0.15, 0.2) is 0 Å². The van der Waals surface area contributed by atoms with Gasteiger partial charge in [-0.05, 0) is 50.0 Å². The van der Waals surface area contributed by atoms with Gasteiger partial charge in [-0.3, -0.25) is 4.79 Å². The Morgan fingerprint density at radius 2 is 2.00 bits per heavy atom. The number of carbonyl (C=O) groups excluding carboxylic acids is 1. The Balaban J connectivity index is 1.81. The fourth-order valence-corrected chi connectivity index (χ4v) is 2.96. The van der Waals surface area contributed by atoms with Crippen LogP contribution in [0.15, 0.2) is 18.2 Å². The number of piperidine rings is 1. The van der Waals surface area contributed by atoms with E-state index >= 15 is 0 Å². The van der Waals surface area contributed by atoms with E-state index in [1.807, 2.05) is 37.1 Å². The number of nitrogens with zero attached hydrogens (tertiary/aromatic N) is 2. The van der Waals surface area contributed by atoms with Gasteiger partial charge < -0.3 is 14.5 Å². The van der Waals surface area contributed by atoms with Gasteiger partial charge in [-0.15, -0.1) is 0 Å². The molecule has 1 fully saturated rings. The topological polar surface area (TPSA) is 32.8 Å². The molecule has 0 saturated carbocycles. The lowest BCUT2D eigenvalue weighted by Crippen LogP contribution is -2.39. The molecule has 2 rings (SSSR count). The first-order valence-electron chi connectivity index (χ1n) is 8.20. The lowest BCUT2D eigenvalue weighted by Gasteiger charge is -2.28. The number of likely N-dealkylation sites (tertiary alicyclic amines) is 1. The second-order valence-electron chi connectivity index (χ2n) is 6.20. The standard InChI is InChI=1S/C18H28N2O2/c1-15-13-16(7-8-17(15)22-3)14-18(21)19(2)11-12-20-9-5-4-6-10-20/h7-8,13H,4-6,9-12,14H2,1-3H3. The van der Waals surface area contributed by atoms with Crippen molar-refractivity contribution in [2.75, 3.05) is 40.3 Å². The van der Waals surface area contributed by atoms with E-state index in [-0.39, 0.29) is 5.91 Å². The highest BCUT2D eigenvalue weighted by atomic mass is 16.5. The van der Waals surface area contributed by atoms with Crippen LogP contribution in [0.25, 0.3) is 0 Å². The zero-order valence-corrected chi connectivity index (χ0v) is 14.1. The summed E-state index contributed by atoms with van der Waals surface area (Å²) >= 11 is 0. The number of benzene rings is 1. The molecule has 1 aromatic carbocycles. The summed E-state index contributed by atoms with van der Waals surface area (Å²) in [6.45, 7) is 6.17. The number of ether oxygens (including phenoxy) is 1. The minimum absolute atomic E-state index is 0.182. The first-order valence-corrected chi connectivity index (χ1v) is 8.20. The fourth-order valence-electron chi connectivity index (χ4n) is 2.96. The Hall–Kier alpha value is -1.55. The van der Waals surface area contributed by atoms with E-state index in [1.54, 1.807) is 7.11 Å². The molecule has 0 aliphatic carbocycles. The molecule has 1 saturated heterocycles. The highest BCUT2D eigenvalue weighted by Crippen LogP contribution is 2.19. The minimum Gasteiger partial charge on any atom is -0.496 e. The predicted molar refractivity (Wildman–Crippen MR) is 89.4 cm³/mol. The summed E-state index contributed by atoms with van der Waals surface area (Å²) in [4.78, 5) is 16.6. The van der Waals surface area contributed by atoms with E-state index < -0.39 is 0 Å². The maximum Gasteiger partial charge on any atom is 0.226 e. The molecule has 1 heterocycles. The van der Waals surface area contributed by atoms with E-state index in [0.29, 0.717) is 6.42 Å². The van der Waals surface area contributed by atoms with Gasteiger partial charge in [-0.2, -0.15) is 0 Å². The van der Waals surface area contributed by atoms with Crippen LogP contribution < -0.4 is 4.74 Å². The summed E-state index contributed by atoms with van der Waals surface area (Å²) < 4.78 is 5.26. The number of carbonyl (C=O) groups is 1. The van der Waals surface area contributed by atoms with Crippen LogP contribution in [0.4, 0.5) is 0 Å². The van der Waals surface area contributed by atoms with Gasteiger partial charge in [0, 0.05) is 20.1 Å². The predicted octanol–water partition coefficient (Wildman–Crippen LogP) is 2.49. The van der Waals surface area contributed by atoms with Crippen LogP contribution in [0.5, 0.6) is 5.75 Å². The molecular formula is C18H28N2O2. The number of methoxy groups -OCH3 is 1. The molecule has 1 amide bonds. The molecule has 0 spiro atoms. The van der Waals surface area contributed by atoms with Crippen LogP contribution in [0.3, 0.4) is 0 Å². The van der Waals surface area contributed by atoms with Gasteiger partial charge in [0.1, 0.15) is 5.75 Å². The first-order chi connectivity index (χ1) is 10.6. The molecular weight excluding hydrogens is 276 g/mol. The van der Waals surface area contributed by atoms with Crippen LogP contribution in [-0.4, -0.2) is 56.0 Å². The van der Waals surface area contributed by atoms with Crippen LogP contribution in [-0.2, 0) is 11.2 Å². The summed E-state index contributed by atoms with van der Waals surface area (Å²) in [6, 6.07) is 5.95. The average molecular weight is 304 g/mol. The Bertz CT molecular complexity index is 496. The van der Waals surface area contributed by atoms with Gasteiger partial charge in [-0.25, -0.2) is 0 Å². The van der Waals surface area contributed by atoms with Crippen molar-refractivity contribution in [3.05, 3.63) is 29.3 Å². The SMILES string of the molecule is COc1ccc(CC(=O)N(C)CCN2CCCCC2)cc1C. The third-order valence-electron chi connectivity index (χ3n) is 4.44. The van der Waals surface area contributed by atoms with Crippen molar-refractivity contribution in [3.63, 3.8) is 0 Å². The Morgan fingerprint density at radius 1 is 1.27 bits per heavy atom. The summed E-state index contributed by atoms with van der Waals surface area (Å²) in [5, 5.41) is 0. The van der Waals surface area contributed by atoms with Gasteiger partial charge in [0.2, 0.25) is 5.91 Å². The average Bonchev–Trinajstić information content (AvgIpc) is 2.53. The summed E-state index contributed by atoms with van der Waals surface area (Å²) in [5.41, 5.74) is 2.12. The number of rotatable bonds is 6. The Morgan fingerprint density at radius 3 is 2.64 bits per heavy atom. The van der Waals surface area contributed by atoms with Crippen molar-refractivity contribution >= 4 is 5.91 Å². The zero-order chi connectivity index (χ0) is 15.9. The van der Waals surface area contributed by atoms with Gasteiger partial charge in [0.05, 0.1) is 13.5 Å². The molecule has 0 unspecified atom stereocenters. The highest BCUT2D eigenvalue weighted by molar-refractivity contribution is 5.78. The molecule has 1 aliphatic rings. The number of hydrogen-bond donors (Lipinski definition) is 0. The van der Waals surface area contributed by atoms with Crippen molar-refractivity contribution in [2.24, 2.45) is 0 Å². The van der Waals surface area contributed by atoms with E-state index in [2.05, 4.69) is 4.90 Å². The smallest absolute Gasteiger partial charge is 0.226 e. The summed E-state index contributed by atoms with van der Waals surface area (Å²) in [6.07, 6.45) is 4.40. The molecule has 0 radical (unpaired) electrons. The number of hydrogen-bond acceptors (Lipinski definition) is 3. The van der Waals surface area contributed by atoms with Crippen LogP contribution in [0, 0.1) is 6.92 Å². The molecule has 4 heteroatoms. The normalized spacial score (nSPS) is 15.6. The summed E-state index contributed by atoms with van der Waals surface area (Å²) in [5.74, 6) is 1.05. The van der Waals surface area contributed by atoms with Gasteiger partial charge in [-0.1, -0.05) is 18.6 Å². The van der Waals surface area contributed by atoms with Crippen LogP contribution in [0.2, 0.25) is 0 Å². The molecule has 0 aromatic heterocycles. The monoisotopic (exact) mass is 304 g/mol. The van der Waals surface area contributed by atoms with E-state index in [9.17, 15) is 4.79 Å². The van der Waals surface area contributed by atoms with Crippen molar-refractivity contribution in [1.82, 2.24) is 9.80 Å². The molecule has 4 nitrogen and oxygen atoms in total. The molecule has 22 heavy (non-hydrogen) atoms. The summed E-state index contributed by atoms with van der Waals surface area (Å²) in [7, 11) is 3.57. The number of likely N-dealkylation sites (N-methyl/N-ethyl adjacent to an activating group) is 1. The van der Waals surface area contributed by atoms with E-state index in [4.69, 9.17) is 4.74 Å². The Kier molecular flexibility index (Phi) is 6.25. The second-order valence-corrected chi connectivity index (χ2v) is 6.20. The van der Waals surface area contributed by atoms with Gasteiger partial charge >= 0.3 is 0 Å². The Labute approximate surface area is 134 Å².